The number of rotatable bonds is 4. The fourth-order valence-corrected chi connectivity index (χ4v) is 2.14. The number of ether oxygens (including phenoxy) is 4. The van der Waals surface area contributed by atoms with E-state index in [1.54, 1.807) is 7.85 Å². The molecule has 20 heavy (non-hydrogen) atoms. The van der Waals surface area contributed by atoms with Gasteiger partial charge in [-0.2, -0.15) is 0 Å². The summed E-state index contributed by atoms with van der Waals surface area (Å²) in [5, 5.41) is 0. The van der Waals surface area contributed by atoms with Gasteiger partial charge in [-0.15, -0.1) is 0 Å². The fraction of sp³-hybridized carbons (Fsp3) is 0.750. The molecule has 1 fully saturated rings. The van der Waals surface area contributed by atoms with Gasteiger partial charge in [0.15, 0.2) is 6.10 Å². The minimum atomic E-state index is -0.785. The van der Waals surface area contributed by atoms with Crippen molar-refractivity contribution in [2.24, 2.45) is 0 Å². The maximum atomic E-state index is 11.2. The van der Waals surface area contributed by atoms with Crippen LogP contribution in [0.4, 0.5) is 0 Å². The van der Waals surface area contributed by atoms with E-state index in [1.807, 2.05) is 0 Å². The first-order chi connectivity index (χ1) is 9.29. The number of carbonyl (C=O) groups is 3. The standard InChI is InChI=1S/C12H19BO7/c1-6(14)17-5-10-12(19-8(3)16)9(18-7(2)15)4-11(13)20-10/h9-12H,4-5,13H2,1-3H3/t9-,10-,11+,12+/m1/s1. The Morgan fingerprint density at radius 3 is 2.20 bits per heavy atom. The molecule has 0 aromatic rings. The third kappa shape index (κ3) is 5.20. The first kappa shape index (κ1) is 16.5. The monoisotopic (exact) mass is 286 g/mol. The van der Waals surface area contributed by atoms with Crippen LogP contribution in [0.1, 0.15) is 27.2 Å². The van der Waals surface area contributed by atoms with Crippen LogP contribution in [0.25, 0.3) is 0 Å². The summed E-state index contributed by atoms with van der Waals surface area (Å²) in [6.45, 7) is 3.75. The Bertz CT molecular complexity index is 384. The summed E-state index contributed by atoms with van der Waals surface area (Å²) < 4.78 is 20.9. The van der Waals surface area contributed by atoms with Crippen LogP contribution in [0.5, 0.6) is 0 Å². The molecule has 0 aromatic carbocycles. The van der Waals surface area contributed by atoms with Gasteiger partial charge in [0, 0.05) is 33.2 Å². The Morgan fingerprint density at radius 2 is 1.70 bits per heavy atom. The Morgan fingerprint density at radius 1 is 1.10 bits per heavy atom. The van der Waals surface area contributed by atoms with Gasteiger partial charge in [-0.1, -0.05) is 0 Å². The molecule has 0 aliphatic carbocycles. The zero-order chi connectivity index (χ0) is 15.3. The zero-order valence-electron chi connectivity index (χ0n) is 12.1. The van der Waals surface area contributed by atoms with Crippen molar-refractivity contribution in [3.63, 3.8) is 0 Å². The number of hydrogen-bond acceptors (Lipinski definition) is 7. The Balaban J connectivity index is 2.82. The predicted octanol–water partition coefficient (Wildman–Crippen LogP) is -0.839. The normalized spacial score (nSPS) is 29.4. The molecule has 0 amide bonds. The second-order valence-electron chi connectivity index (χ2n) is 4.75. The van der Waals surface area contributed by atoms with Crippen molar-refractivity contribution in [1.82, 2.24) is 0 Å². The summed E-state index contributed by atoms with van der Waals surface area (Å²) in [5.41, 5.74) is 0. The van der Waals surface area contributed by atoms with Crippen LogP contribution >= 0.6 is 0 Å². The van der Waals surface area contributed by atoms with Gasteiger partial charge in [0.05, 0.1) is 0 Å². The second kappa shape index (κ2) is 7.28. The molecule has 0 spiro atoms. The predicted molar refractivity (Wildman–Crippen MR) is 69.6 cm³/mol. The quantitative estimate of drug-likeness (QED) is 0.378. The van der Waals surface area contributed by atoms with E-state index in [4.69, 9.17) is 18.9 Å². The average Bonchev–Trinajstić information content (AvgIpc) is 2.28. The molecule has 0 unspecified atom stereocenters. The van der Waals surface area contributed by atoms with E-state index in [0.29, 0.717) is 6.42 Å². The molecule has 4 atom stereocenters. The van der Waals surface area contributed by atoms with Gasteiger partial charge in [0.2, 0.25) is 0 Å². The van der Waals surface area contributed by atoms with E-state index < -0.39 is 36.2 Å². The van der Waals surface area contributed by atoms with E-state index in [2.05, 4.69) is 0 Å². The molecule has 112 valence electrons. The van der Waals surface area contributed by atoms with Crippen LogP contribution in [-0.4, -0.2) is 56.7 Å². The van der Waals surface area contributed by atoms with Crippen LogP contribution in [0.3, 0.4) is 0 Å². The molecule has 0 bridgehead atoms. The van der Waals surface area contributed by atoms with Gasteiger partial charge in [0.1, 0.15) is 26.7 Å². The van der Waals surface area contributed by atoms with Crippen molar-refractivity contribution in [2.75, 3.05) is 6.61 Å². The van der Waals surface area contributed by atoms with Gasteiger partial charge in [-0.3, -0.25) is 14.4 Å². The minimum Gasteiger partial charge on any atom is -0.463 e. The number of carbonyl (C=O) groups excluding carboxylic acids is 3. The maximum absolute atomic E-state index is 11.2. The molecule has 1 saturated heterocycles. The van der Waals surface area contributed by atoms with E-state index in [1.165, 1.54) is 20.8 Å². The highest BCUT2D eigenvalue weighted by Crippen LogP contribution is 2.25. The molecule has 7 nitrogen and oxygen atoms in total. The van der Waals surface area contributed by atoms with Gasteiger partial charge in [-0.25, -0.2) is 0 Å². The second-order valence-corrected chi connectivity index (χ2v) is 4.75. The topological polar surface area (TPSA) is 88.1 Å². The fourth-order valence-electron chi connectivity index (χ4n) is 2.14. The van der Waals surface area contributed by atoms with Gasteiger partial charge >= 0.3 is 17.9 Å². The summed E-state index contributed by atoms with van der Waals surface area (Å²) in [7, 11) is 1.81. The van der Waals surface area contributed by atoms with E-state index >= 15 is 0 Å². The molecule has 1 rings (SSSR count). The maximum Gasteiger partial charge on any atom is 0.303 e. The van der Waals surface area contributed by atoms with Crippen molar-refractivity contribution in [3.05, 3.63) is 0 Å². The molecular weight excluding hydrogens is 267 g/mol. The van der Waals surface area contributed by atoms with Crippen LogP contribution in [0.15, 0.2) is 0 Å². The molecule has 0 saturated carbocycles. The molecule has 1 aliphatic heterocycles. The highest BCUT2D eigenvalue weighted by Gasteiger charge is 2.42. The molecule has 1 heterocycles. The summed E-state index contributed by atoms with van der Waals surface area (Å²) in [6, 6.07) is -0.202. The van der Waals surface area contributed by atoms with Crippen LogP contribution in [-0.2, 0) is 33.3 Å². The van der Waals surface area contributed by atoms with Gasteiger partial charge in [-0.05, 0) is 0 Å². The summed E-state index contributed by atoms with van der Waals surface area (Å²) in [4.78, 5) is 33.2. The zero-order valence-corrected chi connectivity index (χ0v) is 12.1. The van der Waals surface area contributed by atoms with Gasteiger partial charge in [0.25, 0.3) is 0 Å². The summed E-state index contributed by atoms with van der Waals surface area (Å²) in [6.07, 6.45) is -1.64. The Kier molecular flexibility index (Phi) is 6.00. The third-order valence-corrected chi connectivity index (χ3v) is 2.77. The average molecular weight is 286 g/mol. The lowest BCUT2D eigenvalue weighted by Gasteiger charge is -2.39. The van der Waals surface area contributed by atoms with Crippen LogP contribution in [0.2, 0.25) is 0 Å². The number of esters is 3. The van der Waals surface area contributed by atoms with E-state index in [9.17, 15) is 14.4 Å². The largest absolute Gasteiger partial charge is 0.463 e. The molecule has 1 aliphatic rings. The van der Waals surface area contributed by atoms with Gasteiger partial charge < -0.3 is 18.9 Å². The van der Waals surface area contributed by atoms with Crippen LogP contribution in [0, 0.1) is 0 Å². The van der Waals surface area contributed by atoms with Crippen molar-refractivity contribution in [3.8, 4) is 0 Å². The van der Waals surface area contributed by atoms with Crippen LogP contribution < -0.4 is 0 Å². The molecule has 0 aromatic heterocycles. The van der Waals surface area contributed by atoms with Crippen molar-refractivity contribution < 1.29 is 33.3 Å². The molecule has 0 radical (unpaired) electrons. The Labute approximate surface area is 118 Å². The lowest BCUT2D eigenvalue weighted by molar-refractivity contribution is -0.205. The highest BCUT2D eigenvalue weighted by atomic mass is 16.6. The number of hydrogen-bond donors (Lipinski definition) is 0. The minimum absolute atomic E-state index is 0.0601. The van der Waals surface area contributed by atoms with Crippen molar-refractivity contribution in [2.45, 2.75) is 51.5 Å². The summed E-state index contributed by atoms with van der Waals surface area (Å²) in [5.74, 6) is -1.44. The highest BCUT2D eigenvalue weighted by molar-refractivity contribution is 6.11. The van der Waals surface area contributed by atoms with E-state index in [-0.39, 0.29) is 12.6 Å². The third-order valence-electron chi connectivity index (χ3n) is 2.77. The van der Waals surface area contributed by atoms with Crippen molar-refractivity contribution >= 4 is 25.8 Å². The first-order valence-electron chi connectivity index (χ1n) is 6.42. The van der Waals surface area contributed by atoms with E-state index in [0.717, 1.165) is 0 Å². The molecule has 0 N–H and O–H groups in total. The molecule has 8 heteroatoms. The van der Waals surface area contributed by atoms with Crippen molar-refractivity contribution in [1.29, 1.82) is 0 Å². The SMILES string of the molecule is B[C@@H]1C[C@@H](OC(C)=O)[C@H](OC(C)=O)[C@@H](COC(C)=O)O1. The first-order valence-corrected chi connectivity index (χ1v) is 6.42. The lowest BCUT2D eigenvalue weighted by atomic mass is 9.87. The Hall–Kier alpha value is -1.57. The molecular formula is C12H19BO7. The smallest absolute Gasteiger partial charge is 0.303 e. The lowest BCUT2D eigenvalue weighted by Crippen LogP contribution is -2.53. The summed E-state index contributed by atoms with van der Waals surface area (Å²) >= 11 is 0.